The van der Waals surface area contributed by atoms with Crippen molar-refractivity contribution in [3.8, 4) is 11.8 Å². The monoisotopic (exact) mass is 1180 g/mol. The van der Waals surface area contributed by atoms with Gasteiger partial charge in [-0.05, 0) is 119 Å². The molecule has 0 saturated heterocycles. The molecular weight excluding hydrogens is 1140 g/mol. The second-order valence-electron chi connectivity index (χ2n) is 24.2. The number of fused-ring (bicyclic) bond motifs is 26. The molecule has 6 nitrogen and oxygen atoms in total. The number of nitrogens with zero attached hydrogens (tertiary/aromatic N) is 4. The Labute approximate surface area is 523 Å². The number of anilines is 6. The molecule has 12 aromatic carbocycles. The maximum Gasteiger partial charge on any atom is 0.205 e. The van der Waals surface area contributed by atoms with Crippen molar-refractivity contribution < 1.29 is 8.83 Å². The van der Waals surface area contributed by atoms with Crippen molar-refractivity contribution in [3.63, 3.8) is 0 Å². The minimum absolute atomic E-state index is 0.728. The van der Waals surface area contributed by atoms with Crippen LogP contribution < -0.4 is 9.80 Å². The average molecular weight is 1190 g/mol. The molecule has 3 aliphatic rings. The molecule has 0 atom stereocenters. The minimum atomic E-state index is -1.12. The van der Waals surface area contributed by atoms with Gasteiger partial charge in [0.1, 0.15) is 22.4 Å². The van der Waals surface area contributed by atoms with Gasteiger partial charge in [-0.1, -0.05) is 182 Å². The normalized spacial score (nSPS) is 14.4. The molecule has 18 aromatic rings. The van der Waals surface area contributed by atoms with Crippen molar-refractivity contribution in [2.75, 3.05) is 9.80 Å². The van der Waals surface area contributed by atoms with Crippen LogP contribution in [-0.4, -0.2) is 9.13 Å². The fourth-order valence-corrected chi connectivity index (χ4v) is 18.7. The zero-order valence-electron chi connectivity index (χ0n) is 48.1. The SMILES string of the molecule is c1ccc(N2c3ccccc3C3(c4ccccc42)c2cc(-n4c5ccccc5c5cc6c(cc54)sc4ccccc46)oc2C2(c4ccccc4N(c4ccccc4)c4ccccc42)c2cc(-n4c5ccccc5c5cc6c(cc54)sc4ccccc46)oc23)cc1. The van der Waals surface area contributed by atoms with Crippen LogP contribution in [0, 0.1) is 0 Å². The van der Waals surface area contributed by atoms with E-state index in [4.69, 9.17) is 8.83 Å². The van der Waals surface area contributed by atoms with E-state index < -0.39 is 10.8 Å². The fourth-order valence-electron chi connectivity index (χ4n) is 16.5. The number of aromatic nitrogens is 2. The van der Waals surface area contributed by atoms with E-state index in [1.54, 1.807) is 0 Å². The summed E-state index contributed by atoms with van der Waals surface area (Å²) in [7, 11) is 0. The summed E-state index contributed by atoms with van der Waals surface area (Å²) < 4.78 is 26.6. The van der Waals surface area contributed by atoms with Crippen LogP contribution in [0.15, 0.2) is 300 Å². The summed E-state index contributed by atoms with van der Waals surface area (Å²) in [6, 6.07) is 108. The van der Waals surface area contributed by atoms with E-state index in [1.807, 2.05) is 22.7 Å². The number of hydrogen-bond acceptors (Lipinski definition) is 6. The molecule has 0 unspecified atom stereocenters. The number of para-hydroxylation sites is 8. The maximum absolute atomic E-state index is 8.42. The second-order valence-corrected chi connectivity index (χ2v) is 26.4. The molecule has 0 saturated carbocycles. The van der Waals surface area contributed by atoms with Crippen molar-refractivity contribution in [3.05, 3.63) is 336 Å². The van der Waals surface area contributed by atoms with Gasteiger partial charge >= 0.3 is 0 Å². The summed E-state index contributed by atoms with van der Waals surface area (Å²) in [5.41, 5.74) is 14.8. The number of thiophene rings is 2. The molecule has 0 fully saturated rings. The minimum Gasteiger partial charge on any atom is -0.443 e. The van der Waals surface area contributed by atoms with Gasteiger partial charge in [0, 0.05) is 96.5 Å². The molecule has 2 spiro atoms. The van der Waals surface area contributed by atoms with Crippen LogP contribution in [0.25, 0.3) is 95.7 Å². The van der Waals surface area contributed by atoms with Crippen LogP contribution >= 0.6 is 22.7 Å². The Balaban J connectivity index is 0.956. The number of hydrogen-bond donors (Lipinski definition) is 0. The predicted octanol–water partition coefficient (Wildman–Crippen LogP) is 22.4. The third kappa shape index (κ3) is 6.11. The summed E-state index contributed by atoms with van der Waals surface area (Å²) >= 11 is 3.69. The van der Waals surface area contributed by atoms with Gasteiger partial charge in [0.05, 0.1) is 44.8 Å². The summed E-state index contributed by atoms with van der Waals surface area (Å²) in [6.07, 6.45) is 0. The lowest BCUT2D eigenvalue weighted by atomic mass is 9.53. The van der Waals surface area contributed by atoms with Crippen LogP contribution in [0.1, 0.15) is 44.9 Å². The predicted molar refractivity (Wildman–Crippen MR) is 372 cm³/mol. The van der Waals surface area contributed by atoms with Crippen molar-refractivity contribution in [1.29, 1.82) is 0 Å². The van der Waals surface area contributed by atoms with Gasteiger partial charge in [-0.25, -0.2) is 0 Å². The van der Waals surface area contributed by atoms with Gasteiger partial charge in [0.15, 0.2) is 0 Å². The molecular formula is C82H48N4O2S2. The first-order valence-corrected chi connectivity index (χ1v) is 32.4. The molecule has 1 aliphatic carbocycles. The fraction of sp³-hybridized carbons (Fsp3) is 0.0244. The van der Waals surface area contributed by atoms with Crippen molar-refractivity contribution in [1.82, 2.24) is 9.13 Å². The molecule has 8 heterocycles. The van der Waals surface area contributed by atoms with Gasteiger partial charge in [-0.2, -0.15) is 0 Å². The quantitative estimate of drug-likeness (QED) is 0.176. The lowest BCUT2D eigenvalue weighted by Gasteiger charge is -2.51. The highest BCUT2D eigenvalue weighted by Gasteiger charge is 2.64. The molecule has 420 valence electrons. The first-order valence-electron chi connectivity index (χ1n) is 30.7. The second kappa shape index (κ2) is 17.8. The highest BCUT2D eigenvalue weighted by Crippen LogP contribution is 2.69. The number of rotatable bonds is 4. The molecule has 8 heteroatoms. The lowest BCUT2D eigenvalue weighted by molar-refractivity contribution is 0.388. The smallest absolute Gasteiger partial charge is 0.205 e. The first kappa shape index (κ1) is 48.9. The Morgan fingerprint density at radius 2 is 0.578 bits per heavy atom. The van der Waals surface area contributed by atoms with Crippen molar-refractivity contribution in [2.24, 2.45) is 0 Å². The van der Waals surface area contributed by atoms with Crippen LogP contribution in [0.5, 0.6) is 0 Å². The van der Waals surface area contributed by atoms with E-state index in [1.165, 1.54) is 51.1 Å². The van der Waals surface area contributed by atoms with E-state index in [2.05, 4.69) is 310 Å². The largest absolute Gasteiger partial charge is 0.443 e. The molecule has 0 amide bonds. The highest BCUT2D eigenvalue weighted by molar-refractivity contribution is 7.26. The molecule has 0 N–H and O–H groups in total. The molecule has 21 rings (SSSR count). The Bertz CT molecular complexity index is 5580. The Hall–Kier alpha value is -11.2. The zero-order valence-corrected chi connectivity index (χ0v) is 49.8. The third-order valence-electron chi connectivity index (χ3n) is 19.9. The van der Waals surface area contributed by atoms with E-state index >= 15 is 0 Å². The molecule has 0 radical (unpaired) electrons. The first-order chi connectivity index (χ1) is 44.6. The van der Waals surface area contributed by atoms with Crippen LogP contribution in [0.2, 0.25) is 0 Å². The average Bonchev–Trinajstić information content (AvgIpc) is 1.19. The zero-order chi connectivity index (χ0) is 58.6. The Kier molecular flexibility index (Phi) is 9.65. The van der Waals surface area contributed by atoms with E-state index in [0.717, 1.165) is 124 Å². The van der Waals surface area contributed by atoms with Crippen molar-refractivity contribution >= 4 is 141 Å². The highest BCUT2D eigenvalue weighted by atomic mass is 32.1. The summed E-state index contributed by atoms with van der Waals surface area (Å²) in [4.78, 5) is 4.89. The van der Waals surface area contributed by atoms with Gasteiger partial charge < -0.3 is 18.6 Å². The van der Waals surface area contributed by atoms with Crippen LogP contribution in [-0.2, 0) is 10.8 Å². The van der Waals surface area contributed by atoms with Gasteiger partial charge in [0.25, 0.3) is 0 Å². The number of furan rings is 2. The van der Waals surface area contributed by atoms with Gasteiger partial charge in [-0.15, -0.1) is 22.7 Å². The Morgan fingerprint density at radius 1 is 0.244 bits per heavy atom. The molecule has 6 aromatic heterocycles. The summed E-state index contributed by atoms with van der Waals surface area (Å²) in [5, 5.41) is 9.75. The molecule has 0 bridgehead atoms. The Morgan fingerprint density at radius 3 is 0.978 bits per heavy atom. The van der Waals surface area contributed by atoms with Crippen LogP contribution in [0.4, 0.5) is 34.1 Å². The van der Waals surface area contributed by atoms with Gasteiger partial charge in [0.2, 0.25) is 11.8 Å². The standard InChI is InChI=1S/C82H48N4O2S2/c1-3-23-49(24-4-1)83-67-37-17-11-31-59(67)81(60-32-12-18-38-68(60)83)63-45-77(85-65-35-15-7-27-51(65)55-43-57-53-29-9-21-41-73(53)89-75(57)47-71(55)85)88-80(63)82(61-33-13-19-39-69(61)84(50-25-5-2-6-26-50)70-40-20-14-34-62(70)82)64-46-78(87-79(64)81)86-66-36-16-8-28-52(66)56-44-58-54-30-10-22-42-74(54)90-76(58)48-72(56)86/h1-48H. The summed E-state index contributed by atoms with van der Waals surface area (Å²) in [5.74, 6) is 3.13. The van der Waals surface area contributed by atoms with E-state index in [-0.39, 0.29) is 0 Å². The van der Waals surface area contributed by atoms with E-state index in [9.17, 15) is 0 Å². The topological polar surface area (TPSA) is 42.6 Å². The van der Waals surface area contributed by atoms with Gasteiger partial charge in [-0.3, -0.25) is 9.13 Å². The maximum atomic E-state index is 8.42. The van der Waals surface area contributed by atoms with Crippen molar-refractivity contribution in [2.45, 2.75) is 10.8 Å². The van der Waals surface area contributed by atoms with Crippen LogP contribution in [0.3, 0.4) is 0 Å². The number of benzene rings is 12. The third-order valence-corrected chi connectivity index (χ3v) is 22.2. The molecule has 90 heavy (non-hydrogen) atoms. The van der Waals surface area contributed by atoms with E-state index in [0.29, 0.717) is 0 Å². The molecule has 2 aliphatic heterocycles. The lowest BCUT2D eigenvalue weighted by Crippen LogP contribution is -2.48. The summed E-state index contributed by atoms with van der Waals surface area (Å²) in [6.45, 7) is 0.